The molecule has 6 heteroatoms. The molecule has 1 unspecified atom stereocenters. The first-order valence-corrected chi connectivity index (χ1v) is 6.86. The van der Waals surface area contributed by atoms with Gasteiger partial charge in [-0.2, -0.15) is 5.26 Å². The van der Waals surface area contributed by atoms with Gasteiger partial charge in [-0.15, -0.1) is 0 Å². The van der Waals surface area contributed by atoms with Crippen LogP contribution >= 0.6 is 0 Å². The first-order valence-electron chi connectivity index (χ1n) is 6.86. The molecule has 0 aliphatic carbocycles. The van der Waals surface area contributed by atoms with Gasteiger partial charge in [-0.1, -0.05) is 30.3 Å². The van der Waals surface area contributed by atoms with Crippen molar-refractivity contribution in [3.05, 3.63) is 59.4 Å². The van der Waals surface area contributed by atoms with Crippen molar-refractivity contribution in [1.82, 2.24) is 4.57 Å². The molecule has 1 atom stereocenters. The van der Waals surface area contributed by atoms with Crippen LogP contribution in [0.25, 0.3) is 0 Å². The molecule has 0 radical (unpaired) electrons. The number of esters is 1. The van der Waals surface area contributed by atoms with E-state index < -0.39 is 12.0 Å². The molecule has 2 rings (SSSR count). The summed E-state index contributed by atoms with van der Waals surface area (Å²) in [7, 11) is 1.21. The lowest BCUT2D eigenvalue weighted by molar-refractivity contribution is -0.108. The number of nitriles is 1. The lowest BCUT2D eigenvalue weighted by Gasteiger charge is -2.19. The van der Waals surface area contributed by atoms with Gasteiger partial charge >= 0.3 is 5.97 Å². The van der Waals surface area contributed by atoms with Crippen LogP contribution in [0.4, 0.5) is 0 Å². The fourth-order valence-electron chi connectivity index (χ4n) is 2.36. The Labute approximate surface area is 132 Å². The predicted molar refractivity (Wildman–Crippen MR) is 81.0 cm³/mol. The van der Waals surface area contributed by atoms with Crippen LogP contribution in [0.2, 0.25) is 0 Å². The summed E-state index contributed by atoms with van der Waals surface area (Å²) in [6, 6.07) is 12.2. The van der Waals surface area contributed by atoms with Gasteiger partial charge in [0.25, 0.3) is 0 Å². The Morgan fingerprint density at radius 1 is 1.26 bits per heavy atom. The summed E-state index contributed by atoms with van der Waals surface area (Å²) in [4.78, 5) is 35.6. The standard InChI is InChI=1S/C17H14N2O4/c1-23-17(22)15-8-7-13(11-18)19(15)14(9-10-20)16(21)12-5-3-2-4-6-12/h2-8,10,14H,9H2,1H3. The number of rotatable bonds is 6. The highest BCUT2D eigenvalue weighted by atomic mass is 16.5. The second kappa shape index (κ2) is 7.18. The van der Waals surface area contributed by atoms with E-state index in [1.165, 1.54) is 23.8 Å². The van der Waals surface area contributed by atoms with Crippen LogP contribution in [-0.2, 0) is 9.53 Å². The second-order valence-corrected chi connectivity index (χ2v) is 4.73. The predicted octanol–water partition coefficient (Wildman–Crippen LogP) is 2.16. The van der Waals surface area contributed by atoms with E-state index >= 15 is 0 Å². The molecular formula is C17H14N2O4. The zero-order chi connectivity index (χ0) is 16.8. The van der Waals surface area contributed by atoms with Crippen molar-refractivity contribution in [3.63, 3.8) is 0 Å². The Balaban J connectivity index is 2.56. The highest BCUT2D eigenvalue weighted by Gasteiger charge is 2.28. The van der Waals surface area contributed by atoms with Gasteiger partial charge in [0.05, 0.1) is 7.11 Å². The fraction of sp³-hybridized carbons (Fsp3) is 0.176. The number of aromatic nitrogens is 1. The van der Waals surface area contributed by atoms with Crippen molar-refractivity contribution in [2.24, 2.45) is 0 Å². The first-order chi connectivity index (χ1) is 11.1. The Morgan fingerprint density at radius 2 is 1.96 bits per heavy atom. The molecule has 0 amide bonds. The highest BCUT2D eigenvalue weighted by molar-refractivity contribution is 6.01. The van der Waals surface area contributed by atoms with E-state index in [4.69, 9.17) is 0 Å². The topological polar surface area (TPSA) is 89.2 Å². The average Bonchev–Trinajstić information content (AvgIpc) is 3.02. The Bertz CT molecular complexity index is 772. The van der Waals surface area contributed by atoms with E-state index in [9.17, 15) is 19.6 Å². The van der Waals surface area contributed by atoms with Gasteiger partial charge in [0.2, 0.25) is 0 Å². The summed E-state index contributed by atoms with van der Waals surface area (Å²) in [6.45, 7) is 0. The van der Waals surface area contributed by atoms with Crippen LogP contribution in [0, 0.1) is 11.3 Å². The lowest BCUT2D eigenvalue weighted by Crippen LogP contribution is -2.25. The minimum absolute atomic E-state index is 0.0557. The number of Topliss-reactive ketones (excluding diaryl/α,β-unsaturated/α-hetero) is 1. The third kappa shape index (κ3) is 3.19. The molecule has 1 aromatic carbocycles. The van der Waals surface area contributed by atoms with Gasteiger partial charge in [0.15, 0.2) is 5.78 Å². The van der Waals surface area contributed by atoms with Crippen LogP contribution < -0.4 is 0 Å². The van der Waals surface area contributed by atoms with E-state index in [1.807, 2.05) is 6.07 Å². The van der Waals surface area contributed by atoms with Gasteiger partial charge in [-0.25, -0.2) is 4.79 Å². The van der Waals surface area contributed by atoms with Crippen LogP contribution in [0.1, 0.15) is 39.0 Å². The smallest absolute Gasteiger partial charge is 0.354 e. The number of carbonyl (C=O) groups excluding carboxylic acids is 3. The molecule has 0 bridgehead atoms. The van der Waals surface area contributed by atoms with Gasteiger partial charge in [0.1, 0.15) is 29.8 Å². The highest BCUT2D eigenvalue weighted by Crippen LogP contribution is 2.23. The molecule has 0 fully saturated rings. The molecule has 23 heavy (non-hydrogen) atoms. The number of benzene rings is 1. The molecule has 0 aliphatic rings. The van der Waals surface area contributed by atoms with Crippen molar-refractivity contribution in [2.45, 2.75) is 12.5 Å². The van der Waals surface area contributed by atoms with Crippen molar-refractivity contribution in [1.29, 1.82) is 5.26 Å². The number of aldehydes is 1. The van der Waals surface area contributed by atoms with E-state index in [1.54, 1.807) is 30.3 Å². The maximum atomic E-state index is 12.7. The first kappa shape index (κ1) is 16.2. The van der Waals surface area contributed by atoms with Gasteiger partial charge in [-0.05, 0) is 12.1 Å². The molecule has 0 spiro atoms. The maximum Gasteiger partial charge on any atom is 0.354 e. The second-order valence-electron chi connectivity index (χ2n) is 4.73. The van der Waals surface area contributed by atoms with E-state index in [0.29, 0.717) is 11.8 Å². The molecule has 116 valence electrons. The molecule has 0 saturated heterocycles. The lowest BCUT2D eigenvalue weighted by atomic mass is 10.0. The van der Waals surface area contributed by atoms with E-state index in [-0.39, 0.29) is 23.6 Å². The molecule has 0 N–H and O–H groups in total. The van der Waals surface area contributed by atoms with Gasteiger partial charge in [-0.3, -0.25) is 4.79 Å². The summed E-state index contributed by atoms with van der Waals surface area (Å²) < 4.78 is 5.94. The summed E-state index contributed by atoms with van der Waals surface area (Å²) in [5, 5.41) is 9.23. The van der Waals surface area contributed by atoms with Crippen LogP contribution in [0.15, 0.2) is 42.5 Å². The molecule has 0 saturated carbocycles. The minimum Gasteiger partial charge on any atom is -0.464 e. The number of nitrogens with zero attached hydrogens (tertiary/aromatic N) is 2. The van der Waals surface area contributed by atoms with Crippen LogP contribution in [0.5, 0.6) is 0 Å². The van der Waals surface area contributed by atoms with E-state index in [2.05, 4.69) is 4.74 Å². The summed E-state index contributed by atoms with van der Waals surface area (Å²) in [5.74, 6) is -1.03. The monoisotopic (exact) mass is 310 g/mol. The van der Waals surface area contributed by atoms with E-state index in [0.717, 1.165) is 0 Å². The zero-order valence-electron chi connectivity index (χ0n) is 12.4. The third-order valence-electron chi connectivity index (χ3n) is 3.42. The van der Waals surface area contributed by atoms with Crippen molar-refractivity contribution in [3.8, 4) is 6.07 Å². The Kier molecular flexibility index (Phi) is 5.05. The summed E-state index contributed by atoms with van der Waals surface area (Å²) in [6.07, 6.45) is 0.439. The molecule has 2 aromatic rings. The van der Waals surface area contributed by atoms with Crippen molar-refractivity contribution >= 4 is 18.0 Å². The quantitative estimate of drug-likeness (QED) is 0.463. The average molecular weight is 310 g/mol. The number of ketones is 1. The normalized spacial score (nSPS) is 11.3. The van der Waals surface area contributed by atoms with Crippen LogP contribution in [-0.4, -0.2) is 29.7 Å². The Hall–Kier alpha value is -3.20. The van der Waals surface area contributed by atoms with Crippen molar-refractivity contribution in [2.75, 3.05) is 7.11 Å². The number of ether oxygens (including phenoxy) is 1. The minimum atomic E-state index is -0.978. The molecule has 1 heterocycles. The summed E-state index contributed by atoms with van der Waals surface area (Å²) in [5.41, 5.74) is 0.564. The SMILES string of the molecule is COC(=O)c1ccc(C#N)n1C(CC=O)C(=O)c1ccccc1. The van der Waals surface area contributed by atoms with Gasteiger partial charge < -0.3 is 14.1 Å². The van der Waals surface area contributed by atoms with Crippen LogP contribution in [0.3, 0.4) is 0 Å². The molecule has 6 nitrogen and oxygen atoms in total. The number of hydrogen-bond acceptors (Lipinski definition) is 5. The molecule has 0 aliphatic heterocycles. The molecular weight excluding hydrogens is 296 g/mol. The maximum absolute atomic E-state index is 12.7. The Morgan fingerprint density at radius 3 is 2.52 bits per heavy atom. The fourth-order valence-corrected chi connectivity index (χ4v) is 2.36. The number of hydrogen-bond donors (Lipinski definition) is 0. The van der Waals surface area contributed by atoms with Gasteiger partial charge in [0, 0.05) is 12.0 Å². The number of methoxy groups -OCH3 is 1. The summed E-state index contributed by atoms with van der Waals surface area (Å²) >= 11 is 0. The number of carbonyl (C=O) groups is 3. The van der Waals surface area contributed by atoms with Crippen molar-refractivity contribution < 1.29 is 19.1 Å². The third-order valence-corrected chi connectivity index (χ3v) is 3.42. The molecule has 1 aromatic heterocycles. The largest absolute Gasteiger partial charge is 0.464 e. The zero-order valence-corrected chi connectivity index (χ0v) is 12.4.